The topological polar surface area (TPSA) is 49.8 Å². The summed E-state index contributed by atoms with van der Waals surface area (Å²) in [5, 5.41) is 9.65. The number of hydrogen-bond acceptors (Lipinski definition) is 4. The van der Waals surface area contributed by atoms with Gasteiger partial charge in [-0.05, 0) is 44.9 Å². The highest BCUT2D eigenvalue weighted by Crippen LogP contribution is 2.48. The zero-order valence-electron chi connectivity index (χ0n) is 16.6. The SMILES string of the molecule is CCCCOC(=O)C1CC(CC)(CC)N(CCO)C(CC)(CC)C1. The molecule has 0 radical (unpaired) electrons. The summed E-state index contributed by atoms with van der Waals surface area (Å²) in [5.74, 6) is -0.0266. The lowest BCUT2D eigenvalue weighted by molar-refractivity contribution is -0.162. The number of nitrogens with zero attached hydrogens (tertiary/aromatic N) is 1. The molecule has 24 heavy (non-hydrogen) atoms. The van der Waals surface area contributed by atoms with Crippen LogP contribution >= 0.6 is 0 Å². The van der Waals surface area contributed by atoms with Gasteiger partial charge in [0.05, 0.1) is 19.1 Å². The summed E-state index contributed by atoms with van der Waals surface area (Å²) in [6, 6.07) is 0. The molecule has 0 unspecified atom stereocenters. The van der Waals surface area contributed by atoms with Crippen molar-refractivity contribution >= 4 is 5.97 Å². The van der Waals surface area contributed by atoms with Crippen LogP contribution in [0.3, 0.4) is 0 Å². The second-order valence-electron chi connectivity index (χ2n) is 7.36. The normalized spacial score (nSPS) is 20.9. The van der Waals surface area contributed by atoms with E-state index in [-0.39, 0.29) is 29.6 Å². The van der Waals surface area contributed by atoms with Gasteiger partial charge in [-0.3, -0.25) is 9.69 Å². The summed E-state index contributed by atoms with van der Waals surface area (Å²) in [6.07, 6.45) is 7.71. The Morgan fingerprint density at radius 3 is 1.92 bits per heavy atom. The number of carbonyl (C=O) groups is 1. The number of hydrogen-bond donors (Lipinski definition) is 1. The fourth-order valence-corrected chi connectivity index (χ4v) is 4.73. The molecule has 1 saturated heterocycles. The van der Waals surface area contributed by atoms with Crippen LogP contribution in [0.15, 0.2) is 0 Å². The molecule has 1 aliphatic heterocycles. The highest BCUT2D eigenvalue weighted by Gasteiger charge is 2.52. The Bertz CT molecular complexity index is 353. The number of aliphatic hydroxyl groups excluding tert-OH is 1. The van der Waals surface area contributed by atoms with E-state index in [2.05, 4.69) is 39.5 Å². The van der Waals surface area contributed by atoms with Crippen LogP contribution in [0.5, 0.6) is 0 Å². The molecule has 1 fully saturated rings. The molecular formula is C20H39NO3. The van der Waals surface area contributed by atoms with Gasteiger partial charge in [-0.1, -0.05) is 41.0 Å². The van der Waals surface area contributed by atoms with E-state index in [0.29, 0.717) is 13.2 Å². The van der Waals surface area contributed by atoms with Gasteiger partial charge < -0.3 is 9.84 Å². The van der Waals surface area contributed by atoms with Gasteiger partial charge in [0.15, 0.2) is 0 Å². The molecule has 0 bridgehead atoms. The average Bonchev–Trinajstić information content (AvgIpc) is 2.62. The molecule has 0 saturated carbocycles. The number of piperidine rings is 1. The maximum atomic E-state index is 12.7. The average molecular weight is 342 g/mol. The minimum atomic E-state index is -0.0170. The molecule has 0 aromatic carbocycles. The van der Waals surface area contributed by atoms with Gasteiger partial charge >= 0.3 is 5.97 Å². The van der Waals surface area contributed by atoms with Crippen LogP contribution in [0, 0.1) is 5.92 Å². The standard InChI is InChI=1S/C20H39NO3/c1-6-11-14-24-18(23)17-15-19(7-2,8-3)21(12-13-22)20(9-4,10-5)16-17/h17,22H,6-16H2,1-5H3. The van der Waals surface area contributed by atoms with E-state index < -0.39 is 0 Å². The number of rotatable bonds is 10. The lowest BCUT2D eigenvalue weighted by Crippen LogP contribution is -2.66. The number of aliphatic hydroxyl groups is 1. The van der Waals surface area contributed by atoms with Gasteiger partial charge in [0.25, 0.3) is 0 Å². The van der Waals surface area contributed by atoms with Crippen molar-refractivity contribution in [2.24, 2.45) is 5.92 Å². The molecule has 1 N–H and O–H groups in total. The van der Waals surface area contributed by atoms with Crippen molar-refractivity contribution in [3.05, 3.63) is 0 Å². The summed E-state index contributed by atoms with van der Waals surface area (Å²) in [5.41, 5.74) is -0.0249. The van der Waals surface area contributed by atoms with Crippen LogP contribution in [0.4, 0.5) is 0 Å². The first kappa shape index (κ1) is 21.4. The largest absolute Gasteiger partial charge is 0.465 e. The predicted octanol–water partition coefficient (Wildman–Crippen LogP) is 4.15. The van der Waals surface area contributed by atoms with Crippen LogP contribution in [0.25, 0.3) is 0 Å². The molecule has 1 aliphatic rings. The summed E-state index contributed by atoms with van der Waals surface area (Å²) in [7, 11) is 0. The lowest BCUT2D eigenvalue weighted by Gasteiger charge is -2.59. The molecule has 0 aliphatic carbocycles. The minimum absolute atomic E-state index is 0.00958. The summed E-state index contributed by atoms with van der Waals surface area (Å²) in [4.78, 5) is 15.2. The number of ether oxygens (including phenoxy) is 1. The van der Waals surface area contributed by atoms with E-state index >= 15 is 0 Å². The predicted molar refractivity (Wildman–Crippen MR) is 99.0 cm³/mol. The monoisotopic (exact) mass is 341 g/mol. The van der Waals surface area contributed by atoms with Crippen molar-refractivity contribution in [2.75, 3.05) is 19.8 Å². The molecule has 0 aromatic rings. The van der Waals surface area contributed by atoms with Gasteiger partial charge in [-0.15, -0.1) is 0 Å². The Kier molecular flexibility index (Phi) is 8.72. The molecular weight excluding hydrogens is 302 g/mol. The highest BCUT2D eigenvalue weighted by molar-refractivity contribution is 5.73. The first-order valence-electron chi connectivity index (χ1n) is 10.0. The number of likely N-dealkylation sites (tertiary alicyclic amines) is 1. The summed E-state index contributed by atoms with van der Waals surface area (Å²) in [6.45, 7) is 12.4. The number of carbonyl (C=O) groups excluding carboxylic acids is 1. The molecule has 1 rings (SSSR count). The maximum absolute atomic E-state index is 12.7. The van der Waals surface area contributed by atoms with Crippen LogP contribution in [0.1, 0.15) is 86.0 Å². The van der Waals surface area contributed by atoms with Gasteiger partial charge in [-0.25, -0.2) is 0 Å². The minimum Gasteiger partial charge on any atom is -0.465 e. The van der Waals surface area contributed by atoms with Gasteiger partial charge in [0.2, 0.25) is 0 Å². The van der Waals surface area contributed by atoms with Crippen LogP contribution in [-0.2, 0) is 9.53 Å². The number of unbranched alkanes of at least 4 members (excludes halogenated alkanes) is 1. The number of β-amino-alcohol motifs (C(OH)–C–C–N with tert-alkyl or cyclic N) is 1. The van der Waals surface area contributed by atoms with Crippen LogP contribution in [-0.4, -0.2) is 46.8 Å². The smallest absolute Gasteiger partial charge is 0.309 e. The van der Waals surface area contributed by atoms with Gasteiger partial charge in [0.1, 0.15) is 0 Å². The Balaban J connectivity index is 3.10. The second kappa shape index (κ2) is 9.76. The first-order chi connectivity index (χ1) is 11.5. The van der Waals surface area contributed by atoms with Gasteiger partial charge in [-0.2, -0.15) is 0 Å². The Morgan fingerprint density at radius 2 is 1.54 bits per heavy atom. The van der Waals surface area contributed by atoms with E-state index in [0.717, 1.165) is 51.4 Å². The van der Waals surface area contributed by atoms with Crippen LogP contribution in [0.2, 0.25) is 0 Å². The first-order valence-corrected chi connectivity index (χ1v) is 10.0. The Labute approximate surface area is 148 Å². The zero-order chi connectivity index (χ0) is 18.2. The zero-order valence-corrected chi connectivity index (χ0v) is 16.6. The fraction of sp³-hybridized carbons (Fsp3) is 0.950. The molecule has 142 valence electrons. The van der Waals surface area contributed by atoms with Crippen molar-refractivity contribution in [1.82, 2.24) is 4.90 Å². The molecule has 0 aromatic heterocycles. The maximum Gasteiger partial charge on any atom is 0.309 e. The Hall–Kier alpha value is -0.610. The van der Waals surface area contributed by atoms with E-state index in [4.69, 9.17) is 4.74 Å². The fourth-order valence-electron chi connectivity index (χ4n) is 4.73. The van der Waals surface area contributed by atoms with E-state index in [9.17, 15) is 9.90 Å². The third-order valence-corrected chi connectivity index (χ3v) is 6.43. The number of esters is 1. The molecule has 0 atom stereocenters. The van der Waals surface area contributed by atoms with E-state index in [1.54, 1.807) is 0 Å². The molecule has 4 heteroatoms. The third-order valence-electron chi connectivity index (χ3n) is 6.43. The summed E-state index contributed by atoms with van der Waals surface area (Å²) < 4.78 is 5.57. The van der Waals surface area contributed by atoms with Crippen molar-refractivity contribution in [2.45, 2.75) is 97.1 Å². The van der Waals surface area contributed by atoms with Gasteiger partial charge in [0, 0.05) is 17.6 Å². The van der Waals surface area contributed by atoms with Crippen molar-refractivity contribution < 1.29 is 14.6 Å². The highest BCUT2D eigenvalue weighted by atomic mass is 16.5. The molecule has 1 heterocycles. The summed E-state index contributed by atoms with van der Waals surface area (Å²) >= 11 is 0. The quantitative estimate of drug-likeness (QED) is 0.479. The van der Waals surface area contributed by atoms with Crippen LogP contribution < -0.4 is 0 Å². The second-order valence-corrected chi connectivity index (χ2v) is 7.36. The van der Waals surface area contributed by atoms with E-state index in [1.807, 2.05) is 0 Å². The van der Waals surface area contributed by atoms with Crippen molar-refractivity contribution in [1.29, 1.82) is 0 Å². The third kappa shape index (κ3) is 4.32. The van der Waals surface area contributed by atoms with Crippen molar-refractivity contribution in [3.8, 4) is 0 Å². The molecule has 0 spiro atoms. The van der Waals surface area contributed by atoms with E-state index in [1.165, 1.54) is 0 Å². The molecule has 4 nitrogen and oxygen atoms in total. The molecule has 0 amide bonds. The Morgan fingerprint density at radius 1 is 1.04 bits per heavy atom. The lowest BCUT2D eigenvalue weighted by atomic mass is 9.67. The van der Waals surface area contributed by atoms with Crippen molar-refractivity contribution in [3.63, 3.8) is 0 Å².